The summed E-state index contributed by atoms with van der Waals surface area (Å²) in [5.41, 5.74) is 11.2. The number of anilines is 2. The highest BCUT2D eigenvalue weighted by Crippen LogP contribution is 2.17. The fourth-order valence-corrected chi connectivity index (χ4v) is 1.90. The van der Waals surface area contributed by atoms with Gasteiger partial charge in [-0.1, -0.05) is 12.1 Å². The van der Waals surface area contributed by atoms with Gasteiger partial charge in [-0.25, -0.2) is 0 Å². The molecule has 10 heteroatoms. The molecule has 0 fully saturated rings. The van der Waals surface area contributed by atoms with Gasteiger partial charge >= 0.3 is 5.97 Å². The fourth-order valence-electron chi connectivity index (χ4n) is 1.90. The molecule has 0 aliphatic rings. The van der Waals surface area contributed by atoms with Crippen LogP contribution >= 0.6 is 0 Å². The first kappa shape index (κ1) is 17.9. The lowest BCUT2D eigenvalue weighted by atomic mass is 10.2. The molecule has 10 nitrogen and oxygen atoms in total. The molecule has 0 spiro atoms. The van der Waals surface area contributed by atoms with Crippen molar-refractivity contribution in [3.05, 3.63) is 35.7 Å². The minimum absolute atomic E-state index is 0.0700. The van der Waals surface area contributed by atoms with Crippen LogP contribution in [0.15, 0.2) is 24.3 Å². The number of para-hydroxylation sites is 1. The van der Waals surface area contributed by atoms with E-state index in [0.717, 1.165) is 0 Å². The van der Waals surface area contributed by atoms with E-state index in [2.05, 4.69) is 20.3 Å². The van der Waals surface area contributed by atoms with Gasteiger partial charge in [-0.3, -0.25) is 9.59 Å². The van der Waals surface area contributed by atoms with E-state index in [0.29, 0.717) is 17.9 Å². The number of nitrogens with two attached hydrogens (primary N) is 2. The summed E-state index contributed by atoms with van der Waals surface area (Å²) < 4.78 is 10.3. The van der Waals surface area contributed by atoms with E-state index in [1.54, 1.807) is 24.3 Å². The van der Waals surface area contributed by atoms with Gasteiger partial charge in [-0.15, -0.1) is 0 Å². The van der Waals surface area contributed by atoms with Crippen LogP contribution in [-0.2, 0) is 16.1 Å². The highest BCUT2D eigenvalue weighted by Gasteiger charge is 2.14. The Morgan fingerprint density at radius 3 is 2.48 bits per heavy atom. The van der Waals surface area contributed by atoms with E-state index in [1.165, 1.54) is 0 Å². The van der Waals surface area contributed by atoms with Gasteiger partial charge in [-0.2, -0.15) is 15.0 Å². The molecular weight excluding hydrogens is 328 g/mol. The summed E-state index contributed by atoms with van der Waals surface area (Å²) in [4.78, 5) is 35.0. The van der Waals surface area contributed by atoms with Crippen LogP contribution in [0.1, 0.15) is 23.1 Å². The molecule has 0 radical (unpaired) electrons. The van der Waals surface area contributed by atoms with Crippen molar-refractivity contribution in [3.63, 3.8) is 0 Å². The number of hydrogen-bond acceptors (Lipinski definition) is 9. The van der Waals surface area contributed by atoms with Crippen molar-refractivity contribution in [2.45, 2.75) is 13.5 Å². The molecule has 0 aliphatic carbocycles. The summed E-state index contributed by atoms with van der Waals surface area (Å²) in [6.07, 6.45) is 0. The second-order valence-corrected chi connectivity index (χ2v) is 4.74. The molecule has 0 aliphatic heterocycles. The van der Waals surface area contributed by atoms with E-state index >= 15 is 0 Å². The summed E-state index contributed by atoms with van der Waals surface area (Å²) in [6, 6.07) is 6.72. The van der Waals surface area contributed by atoms with Crippen molar-refractivity contribution < 1.29 is 19.1 Å². The zero-order chi connectivity index (χ0) is 18.2. The van der Waals surface area contributed by atoms with Gasteiger partial charge in [0.05, 0.1) is 12.2 Å². The minimum atomic E-state index is -0.667. The average Bonchev–Trinajstić information content (AvgIpc) is 2.58. The molecule has 1 heterocycles. The average molecular weight is 346 g/mol. The maximum absolute atomic E-state index is 12.1. The van der Waals surface area contributed by atoms with Crippen molar-refractivity contribution >= 4 is 23.8 Å². The molecule has 1 aromatic heterocycles. The van der Waals surface area contributed by atoms with Gasteiger partial charge in [0, 0.05) is 0 Å². The molecule has 0 atom stereocenters. The van der Waals surface area contributed by atoms with Gasteiger partial charge in [-0.05, 0) is 19.1 Å². The Hall–Kier alpha value is -3.43. The monoisotopic (exact) mass is 346 g/mol. The van der Waals surface area contributed by atoms with Crippen molar-refractivity contribution in [1.82, 2.24) is 20.3 Å². The molecule has 5 N–H and O–H groups in total. The van der Waals surface area contributed by atoms with Crippen molar-refractivity contribution in [1.29, 1.82) is 0 Å². The third-order valence-corrected chi connectivity index (χ3v) is 2.90. The Balaban J connectivity index is 1.86. The zero-order valence-electron chi connectivity index (χ0n) is 13.6. The third kappa shape index (κ3) is 5.30. The largest absolute Gasteiger partial charge is 0.493 e. The lowest BCUT2D eigenvalue weighted by molar-refractivity contribution is -0.143. The third-order valence-electron chi connectivity index (χ3n) is 2.90. The smallest absolute Gasteiger partial charge is 0.325 e. The van der Waals surface area contributed by atoms with Gasteiger partial charge in [0.15, 0.2) is 12.4 Å². The van der Waals surface area contributed by atoms with E-state index in [9.17, 15) is 9.59 Å². The molecule has 132 valence electrons. The molecule has 2 rings (SSSR count). The summed E-state index contributed by atoms with van der Waals surface area (Å²) in [5.74, 6) is -0.702. The first-order valence-electron chi connectivity index (χ1n) is 7.41. The number of nitrogens with zero attached hydrogens (tertiary/aromatic N) is 3. The van der Waals surface area contributed by atoms with E-state index in [1.807, 2.05) is 6.92 Å². The predicted molar refractivity (Wildman–Crippen MR) is 88.4 cm³/mol. The van der Waals surface area contributed by atoms with Gasteiger partial charge in [0.25, 0.3) is 5.91 Å². The molecule has 0 bridgehead atoms. The van der Waals surface area contributed by atoms with Crippen LogP contribution < -0.4 is 21.5 Å². The highest BCUT2D eigenvalue weighted by atomic mass is 16.5. The number of carbonyl (C=O) groups excluding carboxylic acids is 2. The minimum Gasteiger partial charge on any atom is -0.493 e. The van der Waals surface area contributed by atoms with Crippen LogP contribution in [0.4, 0.5) is 11.9 Å². The normalized spacial score (nSPS) is 10.1. The Bertz CT molecular complexity index is 747. The van der Waals surface area contributed by atoms with Gasteiger partial charge in [0.2, 0.25) is 11.9 Å². The Kier molecular flexibility index (Phi) is 6.04. The molecule has 1 aromatic carbocycles. The maximum Gasteiger partial charge on any atom is 0.325 e. The number of nitrogen functional groups attached to an aromatic ring is 2. The van der Waals surface area contributed by atoms with Crippen LogP contribution in [0.5, 0.6) is 5.75 Å². The first-order chi connectivity index (χ1) is 12.0. The van der Waals surface area contributed by atoms with E-state index < -0.39 is 11.9 Å². The van der Waals surface area contributed by atoms with Crippen LogP contribution in [0.25, 0.3) is 0 Å². The van der Waals surface area contributed by atoms with Crippen LogP contribution in [0, 0.1) is 0 Å². The highest BCUT2D eigenvalue weighted by molar-refractivity contribution is 5.98. The standard InChI is InChI=1S/C15H18N6O4/c1-2-24-10-6-4-3-5-9(10)13(23)18-7-12(22)25-8-11-19-14(16)21-15(17)20-11/h3-6H,2,7-8H2,1H3,(H,18,23)(H4,16,17,19,20,21). The Morgan fingerprint density at radius 2 is 1.80 bits per heavy atom. The van der Waals surface area contributed by atoms with Gasteiger partial charge in [0.1, 0.15) is 12.3 Å². The summed E-state index contributed by atoms with van der Waals surface area (Å²) in [5, 5.41) is 2.46. The van der Waals surface area contributed by atoms with E-state index in [-0.39, 0.29) is 30.9 Å². The summed E-state index contributed by atoms with van der Waals surface area (Å²) in [7, 11) is 0. The summed E-state index contributed by atoms with van der Waals surface area (Å²) >= 11 is 0. The summed E-state index contributed by atoms with van der Waals surface area (Å²) in [6.45, 7) is 1.67. The number of aromatic nitrogens is 3. The molecule has 25 heavy (non-hydrogen) atoms. The number of hydrogen-bond donors (Lipinski definition) is 3. The van der Waals surface area contributed by atoms with Crippen LogP contribution in [-0.4, -0.2) is 40.0 Å². The molecule has 1 amide bonds. The number of ether oxygens (including phenoxy) is 2. The lowest BCUT2D eigenvalue weighted by Gasteiger charge is -2.10. The van der Waals surface area contributed by atoms with Crippen molar-refractivity contribution in [3.8, 4) is 5.75 Å². The number of esters is 1. The van der Waals surface area contributed by atoms with Gasteiger partial charge < -0.3 is 26.3 Å². The molecular formula is C15H18N6O4. The second kappa shape index (κ2) is 8.43. The van der Waals surface area contributed by atoms with E-state index in [4.69, 9.17) is 20.9 Å². The number of carbonyl (C=O) groups is 2. The zero-order valence-corrected chi connectivity index (χ0v) is 13.6. The lowest BCUT2D eigenvalue weighted by Crippen LogP contribution is -2.31. The molecule has 0 unspecified atom stereocenters. The topological polar surface area (TPSA) is 155 Å². The fraction of sp³-hybridized carbons (Fsp3) is 0.267. The van der Waals surface area contributed by atoms with Crippen molar-refractivity contribution in [2.24, 2.45) is 0 Å². The molecule has 2 aromatic rings. The second-order valence-electron chi connectivity index (χ2n) is 4.74. The number of rotatable bonds is 7. The predicted octanol–water partition coefficient (Wildman–Crippen LogP) is -0.0921. The quantitative estimate of drug-likeness (QED) is 0.583. The molecule has 0 saturated heterocycles. The first-order valence-corrected chi connectivity index (χ1v) is 7.41. The Labute approximate surface area is 143 Å². The number of benzene rings is 1. The number of amides is 1. The van der Waals surface area contributed by atoms with Crippen LogP contribution in [0.3, 0.4) is 0 Å². The SMILES string of the molecule is CCOc1ccccc1C(=O)NCC(=O)OCc1nc(N)nc(N)n1. The maximum atomic E-state index is 12.1. The Morgan fingerprint density at radius 1 is 1.12 bits per heavy atom. The molecule has 0 saturated carbocycles. The number of nitrogens with one attached hydrogen (secondary N) is 1. The van der Waals surface area contributed by atoms with Crippen molar-refractivity contribution in [2.75, 3.05) is 24.6 Å². The van der Waals surface area contributed by atoms with Crippen LogP contribution in [0.2, 0.25) is 0 Å².